The van der Waals surface area contributed by atoms with Crippen LogP contribution >= 0.6 is 35.3 Å². The lowest BCUT2D eigenvalue weighted by Crippen LogP contribution is -2.23. The fraction of sp³-hybridized carbons (Fsp3) is 0.333. The molecule has 0 aliphatic rings. The van der Waals surface area contributed by atoms with Crippen molar-refractivity contribution in [1.29, 1.82) is 0 Å². The first kappa shape index (κ1) is 18.9. The number of nitrogens with one attached hydrogen (secondary N) is 1. The lowest BCUT2D eigenvalue weighted by molar-refractivity contribution is 0.185. The van der Waals surface area contributed by atoms with E-state index in [1.165, 1.54) is 4.88 Å². The van der Waals surface area contributed by atoms with E-state index in [9.17, 15) is 0 Å². The Morgan fingerprint density at radius 1 is 1.41 bits per heavy atom. The molecule has 1 aromatic carbocycles. The van der Waals surface area contributed by atoms with E-state index >= 15 is 0 Å². The lowest BCUT2D eigenvalue weighted by Gasteiger charge is -2.10. The number of aryl methyl sites for hydroxylation is 1. The van der Waals surface area contributed by atoms with Crippen LogP contribution in [0.5, 0.6) is 0 Å². The monoisotopic (exact) mass is 432 g/mol. The predicted octanol–water partition coefficient (Wildman–Crippen LogP) is 3.19. The number of thiazole rings is 1. The Hall–Kier alpha value is -1.19. The van der Waals surface area contributed by atoms with Crippen molar-refractivity contribution in [3.05, 3.63) is 45.9 Å². The smallest absolute Gasteiger partial charge is 0.193 e. The maximum atomic E-state index is 5.92. The first-order valence-electron chi connectivity index (χ1n) is 6.74. The summed E-state index contributed by atoms with van der Waals surface area (Å²) in [5.41, 5.74) is 7.89. The molecule has 0 radical (unpaired) electrons. The van der Waals surface area contributed by atoms with Gasteiger partial charge in [0.25, 0.3) is 0 Å². The van der Waals surface area contributed by atoms with Crippen LogP contribution in [-0.4, -0.2) is 24.6 Å². The van der Waals surface area contributed by atoms with Crippen LogP contribution in [0.25, 0.3) is 0 Å². The Balaban J connectivity index is 0.00000242. The molecule has 0 amide bonds. The first-order chi connectivity index (χ1) is 10.2. The van der Waals surface area contributed by atoms with Crippen molar-refractivity contribution in [1.82, 2.24) is 4.98 Å². The number of aliphatic imine (C=N–C) groups is 1. The SMILES string of the molecule is COCc1ccccc1NC(N)=NCCc1ncc(C)s1.I. The average Bonchev–Trinajstić information content (AvgIpc) is 2.87. The highest BCUT2D eigenvalue weighted by Crippen LogP contribution is 2.15. The maximum Gasteiger partial charge on any atom is 0.193 e. The Bertz CT molecular complexity index is 615. The highest BCUT2D eigenvalue weighted by Gasteiger charge is 2.03. The van der Waals surface area contributed by atoms with Crippen molar-refractivity contribution in [2.24, 2.45) is 10.7 Å². The molecule has 0 bridgehead atoms. The number of halogens is 1. The second-order valence-electron chi connectivity index (χ2n) is 4.60. The molecule has 0 saturated carbocycles. The van der Waals surface area contributed by atoms with E-state index in [2.05, 4.69) is 15.3 Å². The molecular weight excluding hydrogens is 411 g/mol. The van der Waals surface area contributed by atoms with Gasteiger partial charge in [-0.1, -0.05) is 18.2 Å². The summed E-state index contributed by atoms with van der Waals surface area (Å²) in [5.74, 6) is 0.409. The third-order valence-corrected chi connectivity index (χ3v) is 3.83. The summed E-state index contributed by atoms with van der Waals surface area (Å²) >= 11 is 1.69. The quantitative estimate of drug-likeness (QED) is 0.418. The zero-order chi connectivity index (χ0) is 15.1. The van der Waals surface area contributed by atoms with Crippen LogP contribution in [0.3, 0.4) is 0 Å². The molecule has 0 aliphatic heterocycles. The molecule has 2 aromatic rings. The van der Waals surface area contributed by atoms with Crippen molar-refractivity contribution in [3.63, 3.8) is 0 Å². The number of rotatable bonds is 6. The molecule has 120 valence electrons. The fourth-order valence-corrected chi connectivity index (χ4v) is 2.67. The molecule has 0 aliphatic carbocycles. The molecule has 1 aromatic heterocycles. The highest BCUT2D eigenvalue weighted by molar-refractivity contribution is 14.0. The summed E-state index contributed by atoms with van der Waals surface area (Å²) in [6.07, 6.45) is 2.69. The van der Waals surface area contributed by atoms with E-state index in [0.29, 0.717) is 19.1 Å². The molecule has 0 saturated heterocycles. The number of nitrogens with two attached hydrogens (primary N) is 1. The van der Waals surface area contributed by atoms with Crippen LogP contribution in [0.2, 0.25) is 0 Å². The zero-order valence-electron chi connectivity index (χ0n) is 12.7. The molecule has 1 heterocycles. The van der Waals surface area contributed by atoms with Crippen LogP contribution in [0.4, 0.5) is 5.69 Å². The number of guanidine groups is 1. The van der Waals surface area contributed by atoms with Gasteiger partial charge in [-0.2, -0.15) is 0 Å². The summed E-state index contributed by atoms with van der Waals surface area (Å²) in [5, 5.41) is 4.20. The van der Waals surface area contributed by atoms with Crippen LogP contribution in [-0.2, 0) is 17.8 Å². The molecule has 0 spiro atoms. The first-order valence-corrected chi connectivity index (χ1v) is 7.56. The predicted molar refractivity (Wildman–Crippen MR) is 103 cm³/mol. The van der Waals surface area contributed by atoms with Crippen LogP contribution in [0.1, 0.15) is 15.4 Å². The number of aromatic nitrogens is 1. The van der Waals surface area contributed by atoms with Gasteiger partial charge in [0.1, 0.15) is 0 Å². The maximum absolute atomic E-state index is 5.92. The number of ether oxygens (including phenoxy) is 1. The van der Waals surface area contributed by atoms with Crippen molar-refractivity contribution in [2.75, 3.05) is 19.0 Å². The number of benzene rings is 1. The molecule has 0 atom stereocenters. The van der Waals surface area contributed by atoms with Gasteiger partial charge in [0.15, 0.2) is 5.96 Å². The van der Waals surface area contributed by atoms with Crippen molar-refractivity contribution < 1.29 is 4.74 Å². The number of methoxy groups -OCH3 is 1. The molecule has 7 heteroatoms. The molecule has 2 rings (SSSR count). The summed E-state index contributed by atoms with van der Waals surface area (Å²) in [6.45, 7) is 3.21. The second-order valence-corrected chi connectivity index (χ2v) is 5.92. The number of hydrogen-bond donors (Lipinski definition) is 2. The van der Waals surface area contributed by atoms with Gasteiger partial charge >= 0.3 is 0 Å². The van der Waals surface area contributed by atoms with Crippen LogP contribution < -0.4 is 11.1 Å². The number of anilines is 1. The summed E-state index contributed by atoms with van der Waals surface area (Å²) in [7, 11) is 1.67. The largest absolute Gasteiger partial charge is 0.380 e. The van der Waals surface area contributed by atoms with Gasteiger partial charge in [0.05, 0.1) is 11.6 Å². The van der Waals surface area contributed by atoms with E-state index in [1.807, 2.05) is 37.4 Å². The van der Waals surface area contributed by atoms with Gasteiger partial charge in [0, 0.05) is 42.4 Å². The van der Waals surface area contributed by atoms with E-state index in [0.717, 1.165) is 22.7 Å². The Morgan fingerprint density at radius 3 is 2.86 bits per heavy atom. The standard InChI is InChI=1S/C15H20N4OS.HI/c1-11-9-18-14(21-11)7-8-17-15(16)19-13-6-4-3-5-12(13)10-20-2;/h3-6,9H,7-8,10H2,1-2H3,(H3,16,17,19);1H. The van der Waals surface area contributed by atoms with E-state index in [1.54, 1.807) is 18.4 Å². The highest BCUT2D eigenvalue weighted by atomic mass is 127. The minimum absolute atomic E-state index is 0. The van der Waals surface area contributed by atoms with E-state index in [-0.39, 0.29) is 24.0 Å². The average molecular weight is 432 g/mol. The normalized spacial score (nSPS) is 11.1. The molecule has 0 unspecified atom stereocenters. The number of para-hydroxylation sites is 1. The summed E-state index contributed by atoms with van der Waals surface area (Å²) in [6, 6.07) is 7.88. The fourth-order valence-electron chi connectivity index (χ4n) is 1.89. The third-order valence-electron chi connectivity index (χ3n) is 2.86. The zero-order valence-corrected chi connectivity index (χ0v) is 15.9. The Kier molecular flexibility index (Phi) is 8.36. The van der Waals surface area contributed by atoms with Crippen LogP contribution in [0, 0.1) is 6.92 Å². The molecule has 0 fully saturated rings. The Morgan fingerprint density at radius 2 is 2.18 bits per heavy atom. The topological polar surface area (TPSA) is 72.5 Å². The van der Waals surface area contributed by atoms with Gasteiger partial charge in [-0.3, -0.25) is 4.99 Å². The van der Waals surface area contributed by atoms with Crippen molar-refractivity contribution in [3.8, 4) is 0 Å². The van der Waals surface area contributed by atoms with E-state index in [4.69, 9.17) is 10.5 Å². The van der Waals surface area contributed by atoms with Gasteiger partial charge in [0.2, 0.25) is 0 Å². The molecular formula is C15H21IN4OS. The second kappa shape index (κ2) is 9.75. The van der Waals surface area contributed by atoms with Gasteiger partial charge in [-0.25, -0.2) is 4.98 Å². The Labute approximate surface area is 152 Å². The summed E-state index contributed by atoms with van der Waals surface area (Å²) < 4.78 is 5.16. The number of nitrogens with zero attached hydrogens (tertiary/aromatic N) is 2. The van der Waals surface area contributed by atoms with Gasteiger partial charge in [-0.15, -0.1) is 35.3 Å². The van der Waals surface area contributed by atoms with Gasteiger partial charge < -0.3 is 15.8 Å². The van der Waals surface area contributed by atoms with Gasteiger partial charge in [-0.05, 0) is 13.0 Å². The van der Waals surface area contributed by atoms with Crippen molar-refractivity contribution in [2.45, 2.75) is 20.0 Å². The molecule has 3 N–H and O–H groups in total. The number of hydrogen-bond acceptors (Lipinski definition) is 4. The lowest BCUT2D eigenvalue weighted by atomic mass is 10.2. The minimum Gasteiger partial charge on any atom is -0.380 e. The minimum atomic E-state index is 0. The third kappa shape index (κ3) is 5.90. The van der Waals surface area contributed by atoms with Crippen molar-refractivity contribution >= 4 is 47.0 Å². The van der Waals surface area contributed by atoms with E-state index < -0.39 is 0 Å². The van der Waals surface area contributed by atoms with Crippen LogP contribution in [0.15, 0.2) is 35.5 Å². The molecule has 5 nitrogen and oxygen atoms in total. The summed E-state index contributed by atoms with van der Waals surface area (Å²) in [4.78, 5) is 9.86. The molecule has 22 heavy (non-hydrogen) atoms.